The molecule has 0 aliphatic carbocycles. The molecule has 2 amide bonds. The van der Waals surface area contributed by atoms with E-state index in [9.17, 15) is 28.5 Å². The zero-order valence-electron chi connectivity index (χ0n) is 27.5. The number of carbonyl (C=O) groups is 5. The molecule has 0 bridgehead atoms. The molecule has 2 N–H and O–H groups in total. The second-order valence-electron chi connectivity index (χ2n) is 12.1. The molecule has 49 heavy (non-hydrogen) atoms. The van der Waals surface area contributed by atoms with Crippen LogP contribution in [0.3, 0.4) is 0 Å². The van der Waals surface area contributed by atoms with Gasteiger partial charge in [0.1, 0.15) is 18.0 Å². The van der Waals surface area contributed by atoms with Gasteiger partial charge in [-0.3, -0.25) is 23.2 Å². The van der Waals surface area contributed by atoms with Crippen LogP contribution in [-0.4, -0.2) is 84.2 Å². The van der Waals surface area contributed by atoms with E-state index in [4.69, 9.17) is 18.5 Å². The first-order valence-electron chi connectivity index (χ1n) is 15.8. The fraction of sp³-hybridized carbons (Fsp3) is 0.581. The molecule has 1 unspecified atom stereocenters. The van der Waals surface area contributed by atoms with Gasteiger partial charge in [0.25, 0.3) is 5.91 Å². The van der Waals surface area contributed by atoms with Crippen molar-refractivity contribution in [2.24, 2.45) is 0 Å². The number of halogens is 2. The molecule has 2 aromatic rings. The summed E-state index contributed by atoms with van der Waals surface area (Å²) in [4.78, 5) is 66.1. The fourth-order valence-corrected chi connectivity index (χ4v) is 6.85. The van der Waals surface area contributed by atoms with E-state index in [1.54, 1.807) is 4.90 Å². The molecule has 3 atom stereocenters. The number of alkyl halides is 2. The van der Waals surface area contributed by atoms with Crippen molar-refractivity contribution in [2.75, 3.05) is 13.6 Å². The number of nitrogens with one attached hydrogen (secondary N) is 2. The molecular weight excluding hydrogens is 675 g/mol. The van der Waals surface area contributed by atoms with Crippen LogP contribution < -0.4 is 5.32 Å². The molecule has 2 aliphatic heterocycles. The Morgan fingerprint density at radius 2 is 1.59 bits per heavy atom. The van der Waals surface area contributed by atoms with Crippen LogP contribution in [0.2, 0.25) is 0 Å². The minimum Gasteiger partial charge on any atom is -0.432 e. The van der Waals surface area contributed by atoms with E-state index in [-0.39, 0.29) is 28.5 Å². The molecule has 3 heterocycles. The topological polar surface area (TPSA) is 189 Å². The second-order valence-corrected chi connectivity index (χ2v) is 14.2. The van der Waals surface area contributed by atoms with Gasteiger partial charge in [-0.05, 0) is 71.6 Å². The first-order valence-corrected chi connectivity index (χ1v) is 17.3. The summed E-state index contributed by atoms with van der Waals surface area (Å²) in [7, 11) is -5.63. The summed E-state index contributed by atoms with van der Waals surface area (Å²) in [5, 5.41) is 2.82. The van der Waals surface area contributed by atoms with Gasteiger partial charge >= 0.3 is 25.6 Å². The number of hydrogen-bond acceptors (Lipinski definition) is 12. The Kier molecular flexibility index (Phi) is 12.4. The standard InChI is InChI=1S/C31H40F2N3O12P/c1-18(2)47-29(40)43-16-45-49(42,46-17-44-30(41)48-19(3)4)31(32,33)21-9-12-24-20(13-21)14-26(34-24)27(38)35-25-8-6-5-7-22-10-11-23(15-37)36(22)28(25)39/h9,12-15,18-19,22-23,25,34H,5-8,10-11,16-17H2,1-4H3,(H,35,38)/t22?,23-,25-/m0/s1. The van der Waals surface area contributed by atoms with E-state index in [2.05, 4.69) is 19.8 Å². The molecule has 4 rings (SSSR count). The number of aromatic nitrogens is 1. The summed E-state index contributed by atoms with van der Waals surface area (Å²) >= 11 is 0. The lowest BCUT2D eigenvalue weighted by atomic mass is 9.99. The zero-order valence-corrected chi connectivity index (χ0v) is 28.4. The van der Waals surface area contributed by atoms with Gasteiger partial charge in [0.15, 0.2) is 0 Å². The molecule has 2 aliphatic rings. The molecule has 0 radical (unpaired) electrons. The normalized spacial score (nSPS) is 20.0. The van der Waals surface area contributed by atoms with E-state index in [1.165, 1.54) is 39.8 Å². The summed E-state index contributed by atoms with van der Waals surface area (Å²) in [6, 6.07) is 2.82. The SMILES string of the molecule is CC(C)OC(=O)OCOP(=O)(OCOC(=O)OC(C)C)C(F)(F)c1ccc2[nH]c(C(=O)N[C@H]3CCCCC4CC[C@@H](C=O)N4C3=O)cc2c1. The van der Waals surface area contributed by atoms with Crippen LogP contribution in [0, 0.1) is 0 Å². The Morgan fingerprint density at radius 3 is 2.18 bits per heavy atom. The fourth-order valence-electron chi connectivity index (χ4n) is 5.61. The van der Waals surface area contributed by atoms with E-state index < -0.39 is 74.9 Å². The summed E-state index contributed by atoms with van der Waals surface area (Å²) in [6.07, 6.45) is 0.900. The van der Waals surface area contributed by atoms with Crippen LogP contribution in [0.5, 0.6) is 0 Å². The van der Waals surface area contributed by atoms with Crippen LogP contribution in [0.25, 0.3) is 10.9 Å². The highest BCUT2D eigenvalue weighted by molar-refractivity contribution is 7.54. The van der Waals surface area contributed by atoms with Crippen LogP contribution in [0.4, 0.5) is 18.4 Å². The highest BCUT2D eigenvalue weighted by Gasteiger charge is 2.56. The van der Waals surface area contributed by atoms with E-state index >= 15 is 8.78 Å². The number of aromatic amines is 1. The summed E-state index contributed by atoms with van der Waals surface area (Å²) in [5.41, 5.74) is -5.07. The lowest BCUT2D eigenvalue weighted by Gasteiger charge is -2.34. The zero-order chi connectivity index (χ0) is 35.9. The maximum absolute atomic E-state index is 15.9. The molecule has 0 spiro atoms. The van der Waals surface area contributed by atoms with Crippen molar-refractivity contribution < 1.29 is 65.3 Å². The number of carbonyl (C=O) groups excluding carboxylic acids is 5. The maximum Gasteiger partial charge on any atom is 0.510 e. The lowest BCUT2D eigenvalue weighted by molar-refractivity contribution is -0.139. The highest BCUT2D eigenvalue weighted by atomic mass is 31.2. The maximum atomic E-state index is 15.9. The van der Waals surface area contributed by atoms with E-state index in [0.717, 1.165) is 31.3 Å². The van der Waals surface area contributed by atoms with Crippen LogP contribution in [0.15, 0.2) is 24.3 Å². The van der Waals surface area contributed by atoms with Gasteiger partial charge in [-0.1, -0.05) is 18.9 Å². The quantitative estimate of drug-likeness (QED) is 0.111. The van der Waals surface area contributed by atoms with Gasteiger partial charge in [0.05, 0.1) is 18.2 Å². The van der Waals surface area contributed by atoms with Gasteiger partial charge in [-0.15, -0.1) is 0 Å². The Hall–Kier alpha value is -4.08. The molecule has 15 nitrogen and oxygen atoms in total. The average Bonchev–Trinajstić information content (AvgIpc) is 3.64. The Bertz CT molecular complexity index is 1550. The highest BCUT2D eigenvalue weighted by Crippen LogP contribution is 2.67. The van der Waals surface area contributed by atoms with E-state index in [0.29, 0.717) is 25.7 Å². The number of amides is 2. The first-order chi connectivity index (χ1) is 23.1. The number of benzene rings is 1. The van der Waals surface area contributed by atoms with Crippen LogP contribution >= 0.6 is 7.60 Å². The van der Waals surface area contributed by atoms with Crippen molar-refractivity contribution in [3.63, 3.8) is 0 Å². The minimum absolute atomic E-state index is 0.0416. The molecular formula is C31H40F2N3O12P. The Morgan fingerprint density at radius 1 is 0.980 bits per heavy atom. The van der Waals surface area contributed by atoms with Crippen molar-refractivity contribution in [1.82, 2.24) is 15.2 Å². The number of fused-ring (bicyclic) bond motifs is 2. The number of nitrogens with zero attached hydrogens (tertiary/aromatic N) is 1. The summed E-state index contributed by atoms with van der Waals surface area (Å²) in [5.74, 6) is -1.01. The summed E-state index contributed by atoms with van der Waals surface area (Å²) < 4.78 is 73.6. The monoisotopic (exact) mass is 715 g/mol. The molecule has 18 heteroatoms. The molecule has 0 saturated carbocycles. The van der Waals surface area contributed by atoms with Gasteiger partial charge in [-0.2, -0.15) is 8.78 Å². The second kappa shape index (κ2) is 16.1. The third-order valence-corrected chi connectivity index (χ3v) is 9.70. The number of rotatable bonds is 13. The van der Waals surface area contributed by atoms with Crippen molar-refractivity contribution in [1.29, 1.82) is 0 Å². The summed E-state index contributed by atoms with van der Waals surface area (Å²) in [6.45, 7) is 3.50. The largest absolute Gasteiger partial charge is 0.510 e. The number of aldehydes is 1. The lowest BCUT2D eigenvalue weighted by Crippen LogP contribution is -2.53. The molecule has 1 aromatic carbocycles. The predicted octanol–water partition coefficient (Wildman–Crippen LogP) is 5.71. The average molecular weight is 716 g/mol. The van der Waals surface area contributed by atoms with Gasteiger partial charge < -0.3 is 38.9 Å². The number of ether oxygens (including phenoxy) is 4. The van der Waals surface area contributed by atoms with Crippen LogP contribution in [-0.2, 0) is 47.8 Å². The number of H-pyrrole nitrogens is 1. The van der Waals surface area contributed by atoms with E-state index in [1.807, 2.05) is 0 Å². The number of hydrogen-bond donors (Lipinski definition) is 2. The smallest absolute Gasteiger partial charge is 0.432 e. The Labute approximate surface area is 280 Å². The third-order valence-electron chi connectivity index (χ3n) is 7.86. The molecule has 1 aromatic heterocycles. The van der Waals surface area contributed by atoms with Crippen LogP contribution in [0.1, 0.15) is 82.3 Å². The predicted molar refractivity (Wildman–Crippen MR) is 167 cm³/mol. The minimum atomic E-state index is -5.63. The van der Waals surface area contributed by atoms with Crippen molar-refractivity contribution in [2.45, 2.75) is 102 Å². The molecule has 2 saturated heterocycles. The third kappa shape index (κ3) is 9.13. The molecule has 2 fully saturated rings. The Balaban J connectivity index is 1.53. The van der Waals surface area contributed by atoms with Gasteiger partial charge in [0, 0.05) is 22.5 Å². The van der Waals surface area contributed by atoms with Crippen molar-refractivity contribution >= 4 is 48.9 Å². The van der Waals surface area contributed by atoms with Gasteiger partial charge in [0.2, 0.25) is 19.5 Å². The van der Waals surface area contributed by atoms with Crippen molar-refractivity contribution in [3.05, 3.63) is 35.5 Å². The van der Waals surface area contributed by atoms with Gasteiger partial charge in [-0.25, -0.2) is 9.59 Å². The molecule has 270 valence electrons. The van der Waals surface area contributed by atoms with Crippen molar-refractivity contribution in [3.8, 4) is 0 Å². The first kappa shape index (κ1) is 37.7.